The molecule has 0 spiro atoms. The fourth-order valence-corrected chi connectivity index (χ4v) is 2.16. The van der Waals surface area contributed by atoms with Gasteiger partial charge in [-0.2, -0.15) is 0 Å². The molecule has 1 fully saturated rings. The van der Waals surface area contributed by atoms with Gasteiger partial charge in [0.15, 0.2) is 5.69 Å². The molecule has 2 rings (SSSR count). The summed E-state index contributed by atoms with van der Waals surface area (Å²) in [6.45, 7) is 4.93. The molecule has 0 aromatic carbocycles. The van der Waals surface area contributed by atoms with Crippen molar-refractivity contribution in [3.05, 3.63) is 11.5 Å². The predicted octanol–water partition coefficient (Wildman–Crippen LogP) is 0.731. The van der Waals surface area contributed by atoms with Crippen LogP contribution in [0.4, 0.5) is 5.82 Å². The zero-order valence-corrected chi connectivity index (χ0v) is 12.5. The van der Waals surface area contributed by atoms with Crippen molar-refractivity contribution in [3.63, 3.8) is 0 Å². The Morgan fingerprint density at radius 3 is 2.71 bits per heavy atom. The summed E-state index contributed by atoms with van der Waals surface area (Å²) in [4.78, 5) is 27.6. The third-order valence-corrected chi connectivity index (χ3v) is 3.45. The van der Waals surface area contributed by atoms with Gasteiger partial charge in [0.1, 0.15) is 11.6 Å². The van der Waals surface area contributed by atoms with E-state index in [-0.39, 0.29) is 24.1 Å². The van der Waals surface area contributed by atoms with Crippen LogP contribution in [0.25, 0.3) is 0 Å². The highest BCUT2D eigenvalue weighted by atomic mass is 16.5. The molecule has 1 aromatic heterocycles. The molecule has 1 heterocycles. The second-order valence-electron chi connectivity index (χ2n) is 5.05. The second-order valence-corrected chi connectivity index (χ2v) is 5.05. The average Bonchev–Trinajstić information content (AvgIpc) is 3.25. The van der Waals surface area contributed by atoms with Crippen LogP contribution in [0.3, 0.4) is 0 Å². The molecule has 1 saturated carbocycles. The highest BCUT2D eigenvalue weighted by molar-refractivity contribution is 5.92. The maximum Gasteiger partial charge on any atom is 0.360 e. The van der Waals surface area contributed by atoms with E-state index in [1.54, 1.807) is 11.5 Å². The quantitative estimate of drug-likeness (QED) is 0.722. The van der Waals surface area contributed by atoms with E-state index < -0.39 is 5.97 Å². The van der Waals surface area contributed by atoms with Crippen molar-refractivity contribution in [3.8, 4) is 0 Å². The molecular weight excluding hydrogens is 272 g/mol. The van der Waals surface area contributed by atoms with Crippen LogP contribution in [0.15, 0.2) is 0 Å². The van der Waals surface area contributed by atoms with E-state index in [4.69, 9.17) is 10.5 Å². The Morgan fingerprint density at radius 2 is 2.14 bits per heavy atom. The van der Waals surface area contributed by atoms with Gasteiger partial charge in [-0.3, -0.25) is 4.79 Å². The number of amides is 1. The molecule has 1 amide bonds. The number of nitrogen functional groups attached to an aromatic ring is 1. The van der Waals surface area contributed by atoms with Crippen molar-refractivity contribution >= 4 is 17.7 Å². The highest BCUT2D eigenvalue weighted by Gasteiger charge is 2.29. The van der Waals surface area contributed by atoms with Crippen LogP contribution in [0.2, 0.25) is 0 Å². The lowest BCUT2D eigenvalue weighted by Crippen LogP contribution is -2.29. The molecule has 0 aliphatic heterocycles. The lowest BCUT2D eigenvalue weighted by atomic mass is 10.4. The van der Waals surface area contributed by atoms with Gasteiger partial charge in [0, 0.05) is 25.4 Å². The Balaban J connectivity index is 2.03. The number of carbonyl (C=O) groups is 2. The highest BCUT2D eigenvalue weighted by Crippen LogP contribution is 2.28. The van der Waals surface area contributed by atoms with Crippen LogP contribution in [-0.2, 0) is 22.5 Å². The molecule has 0 saturated heterocycles. The number of esters is 1. The van der Waals surface area contributed by atoms with E-state index in [9.17, 15) is 9.59 Å². The van der Waals surface area contributed by atoms with E-state index in [0.717, 1.165) is 18.7 Å². The molecule has 1 aromatic rings. The minimum absolute atomic E-state index is 0.0948. The molecule has 0 atom stereocenters. The molecule has 3 N–H and O–H groups in total. The molecule has 7 nitrogen and oxygen atoms in total. The number of nitrogens with one attached hydrogen (secondary N) is 1. The Labute approximate surface area is 123 Å². The van der Waals surface area contributed by atoms with Gasteiger partial charge in [-0.05, 0) is 19.8 Å². The number of aryl methyl sites for hydroxylation is 1. The third kappa shape index (κ3) is 3.53. The van der Waals surface area contributed by atoms with Crippen molar-refractivity contribution in [1.82, 2.24) is 14.9 Å². The fraction of sp³-hybridized carbons (Fsp3) is 0.643. The number of hydrogen-bond acceptors (Lipinski definition) is 5. The van der Waals surface area contributed by atoms with Crippen LogP contribution in [0.1, 0.15) is 43.0 Å². The van der Waals surface area contributed by atoms with E-state index in [0.29, 0.717) is 25.3 Å². The van der Waals surface area contributed by atoms with Gasteiger partial charge in [0.05, 0.1) is 6.61 Å². The SMILES string of the molecule is CCOC(=O)c1nc(CC)n(CCNC(=O)C2CC2)c1N. The fourth-order valence-electron chi connectivity index (χ4n) is 2.16. The number of hydrogen-bond donors (Lipinski definition) is 2. The summed E-state index contributed by atoms with van der Waals surface area (Å²) in [7, 11) is 0. The lowest BCUT2D eigenvalue weighted by molar-refractivity contribution is -0.122. The van der Waals surface area contributed by atoms with Crippen molar-refractivity contribution in [2.75, 3.05) is 18.9 Å². The van der Waals surface area contributed by atoms with Crippen LogP contribution in [0.5, 0.6) is 0 Å². The summed E-state index contributed by atoms with van der Waals surface area (Å²) >= 11 is 0. The van der Waals surface area contributed by atoms with Gasteiger partial charge in [-0.25, -0.2) is 9.78 Å². The second kappa shape index (κ2) is 6.60. The summed E-state index contributed by atoms with van der Waals surface area (Å²) in [5.74, 6) is 0.788. The van der Waals surface area contributed by atoms with E-state index in [1.165, 1.54) is 0 Å². The molecule has 1 aliphatic carbocycles. The van der Waals surface area contributed by atoms with Gasteiger partial charge < -0.3 is 20.4 Å². The maximum atomic E-state index is 11.8. The average molecular weight is 294 g/mol. The molecular formula is C14H22N4O3. The Hall–Kier alpha value is -2.05. The van der Waals surface area contributed by atoms with Crippen LogP contribution >= 0.6 is 0 Å². The normalized spacial score (nSPS) is 14.0. The zero-order valence-electron chi connectivity index (χ0n) is 12.5. The molecule has 0 bridgehead atoms. The topological polar surface area (TPSA) is 99.2 Å². The number of carbonyl (C=O) groups excluding carboxylic acids is 2. The van der Waals surface area contributed by atoms with Crippen molar-refractivity contribution in [2.24, 2.45) is 5.92 Å². The number of nitrogens with two attached hydrogens (primary N) is 1. The molecule has 0 unspecified atom stereocenters. The Morgan fingerprint density at radius 1 is 1.43 bits per heavy atom. The number of ether oxygens (including phenoxy) is 1. The first-order chi connectivity index (χ1) is 10.1. The van der Waals surface area contributed by atoms with Gasteiger partial charge in [-0.1, -0.05) is 6.92 Å². The van der Waals surface area contributed by atoms with Gasteiger partial charge >= 0.3 is 5.97 Å². The minimum Gasteiger partial charge on any atom is -0.461 e. The summed E-state index contributed by atoms with van der Waals surface area (Å²) in [5, 5.41) is 2.88. The third-order valence-electron chi connectivity index (χ3n) is 3.45. The Bertz CT molecular complexity index is 535. The minimum atomic E-state index is -0.509. The number of rotatable bonds is 7. The monoisotopic (exact) mass is 294 g/mol. The van der Waals surface area contributed by atoms with Crippen LogP contribution < -0.4 is 11.1 Å². The first-order valence-corrected chi connectivity index (χ1v) is 7.38. The number of aromatic nitrogens is 2. The molecule has 1 aliphatic rings. The van der Waals surface area contributed by atoms with Crippen molar-refractivity contribution in [1.29, 1.82) is 0 Å². The summed E-state index contributed by atoms with van der Waals surface area (Å²) in [5.41, 5.74) is 6.14. The smallest absolute Gasteiger partial charge is 0.360 e. The molecule has 0 radical (unpaired) electrons. The number of nitrogens with zero attached hydrogens (tertiary/aromatic N) is 2. The lowest BCUT2D eigenvalue weighted by Gasteiger charge is -2.09. The first kappa shape index (κ1) is 15.3. The molecule has 21 heavy (non-hydrogen) atoms. The van der Waals surface area contributed by atoms with E-state index >= 15 is 0 Å². The summed E-state index contributed by atoms with van der Waals surface area (Å²) in [6.07, 6.45) is 2.61. The van der Waals surface area contributed by atoms with Crippen molar-refractivity contribution in [2.45, 2.75) is 39.7 Å². The summed E-state index contributed by atoms with van der Waals surface area (Å²) < 4.78 is 6.70. The maximum absolute atomic E-state index is 11.8. The van der Waals surface area contributed by atoms with Crippen LogP contribution in [0, 0.1) is 5.92 Å². The van der Waals surface area contributed by atoms with Gasteiger partial charge in [0.2, 0.25) is 5.91 Å². The first-order valence-electron chi connectivity index (χ1n) is 7.38. The standard InChI is InChI=1S/C14H22N4O3/c1-3-10-17-11(14(20)21-4-2)12(15)18(10)8-7-16-13(19)9-5-6-9/h9H,3-8,15H2,1-2H3,(H,16,19). The van der Waals surface area contributed by atoms with Crippen LogP contribution in [-0.4, -0.2) is 34.6 Å². The van der Waals surface area contributed by atoms with E-state index in [1.807, 2.05) is 6.92 Å². The van der Waals surface area contributed by atoms with Crippen molar-refractivity contribution < 1.29 is 14.3 Å². The van der Waals surface area contributed by atoms with Gasteiger partial charge in [0.25, 0.3) is 0 Å². The molecule has 116 valence electrons. The zero-order chi connectivity index (χ0) is 15.4. The number of anilines is 1. The Kier molecular flexibility index (Phi) is 4.82. The predicted molar refractivity (Wildman–Crippen MR) is 77.7 cm³/mol. The van der Waals surface area contributed by atoms with Gasteiger partial charge in [-0.15, -0.1) is 0 Å². The molecule has 7 heteroatoms. The van der Waals surface area contributed by atoms with E-state index in [2.05, 4.69) is 10.3 Å². The number of imidazole rings is 1. The summed E-state index contributed by atoms with van der Waals surface area (Å²) in [6, 6.07) is 0. The largest absolute Gasteiger partial charge is 0.461 e.